The van der Waals surface area contributed by atoms with Gasteiger partial charge in [0.05, 0.1) is 11.1 Å². The van der Waals surface area contributed by atoms with Gasteiger partial charge in [-0.3, -0.25) is 29.4 Å². The van der Waals surface area contributed by atoms with Crippen LogP contribution < -0.4 is 5.32 Å². The molecule has 2 saturated heterocycles. The zero-order valence-corrected chi connectivity index (χ0v) is 12.0. The number of carbonyl (C=O) groups is 4. The molecule has 1 saturated carbocycles. The van der Waals surface area contributed by atoms with Gasteiger partial charge in [0, 0.05) is 5.92 Å². The number of carbonyl (C=O) groups excluding carboxylic acids is 4. The van der Waals surface area contributed by atoms with E-state index in [4.69, 9.17) is 0 Å². The summed E-state index contributed by atoms with van der Waals surface area (Å²) >= 11 is 0. The summed E-state index contributed by atoms with van der Waals surface area (Å²) in [5, 5.41) is 2.26. The number of rotatable bonds is 2. The molecule has 1 aliphatic carbocycles. The van der Waals surface area contributed by atoms with Crippen LogP contribution in [0.2, 0.25) is 0 Å². The molecule has 6 heteroatoms. The lowest BCUT2D eigenvalue weighted by Gasteiger charge is -2.52. The fourth-order valence-corrected chi connectivity index (χ4v) is 3.64. The van der Waals surface area contributed by atoms with E-state index < -0.39 is 23.3 Å². The summed E-state index contributed by atoms with van der Waals surface area (Å²) in [6.45, 7) is 1.97. The van der Waals surface area contributed by atoms with Crippen molar-refractivity contribution in [1.82, 2.24) is 10.2 Å². The standard InChI is InChI=1S/C16H14N2O4/c1-2-8-3-4-10-11(5-8)14(21)18(13(10)20)16-6-9(7-16)12(19)17-15(16)22/h3-5,9H,2,6-7H2,1H3,(H,17,19,22). The first-order chi connectivity index (χ1) is 10.5. The fourth-order valence-electron chi connectivity index (χ4n) is 3.64. The minimum absolute atomic E-state index is 0.240. The molecular weight excluding hydrogens is 284 g/mol. The fraction of sp³-hybridized carbons (Fsp3) is 0.375. The van der Waals surface area contributed by atoms with Crippen molar-refractivity contribution in [2.24, 2.45) is 5.92 Å². The number of imide groups is 2. The van der Waals surface area contributed by atoms with Crippen molar-refractivity contribution >= 4 is 23.6 Å². The monoisotopic (exact) mass is 298 g/mol. The first-order valence-corrected chi connectivity index (χ1v) is 7.35. The number of aryl methyl sites for hydroxylation is 1. The van der Waals surface area contributed by atoms with Crippen LogP contribution in [0.25, 0.3) is 0 Å². The molecule has 0 unspecified atom stereocenters. The lowest BCUT2D eigenvalue weighted by Crippen LogP contribution is -2.74. The molecule has 4 aliphatic rings. The second-order valence-corrected chi connectivity index (χ2v) is 6.13. The van der Waals surface area contributed by atoms with Crippen molar-refractivity contribution in [3.05, 3.63) is 34.9 Å². The number of nitrogens with zero attached hydrogens (tertiary/aromatic N) is 1. The Morgan fingerprint density at radius 2 is 1.82 bits per heavy atom. The maximum absolute atomic E-state index is 12.7. The summed E-state index contributed by atoms with van der Waals surface area (Å²) in [7, 11) is 0. The van der Waals surface area contributed by atoms with Crippen molar-refractivity contribution in [3.63, 3.8) is 0 Å². The van der Waals surface area contributed by atoms with Crippen molar-refractivity contribution in [1.29, 1.82) is 0 Å². The van der Waals surface area contributed by atoms with Gasteiger partial charge in [-0.15, -0.1) is 0 Å². The molecule has 0 atom stereocenters. The van der Waals surface area contributed by atoms with Gasteiger partial charge in [0.15, 0.2) is 0 Å². The molecule has 112 valence electrons. The second kappa shape index (κ2) is 4.03. The van der Waals surface area contributed by atoms with E-state index in [2.05, 4.69) is 5.32 Å². The molecule has 0 aromatic heterocycles. The SMILES string of the molecule is CCc1ccc2c(c1)C(=O)N(C13CC(C1)C(=O)NC3=O)C2=O. The Bertz CT molecular complexity index is 761. The van der Waals surface area contributed by atoms with Gasteiger partial charge in [-0.05, 0) is 37.0 Å². The number of benzene rings is 1. The zero-order valence-electron chi connectivity index (χ0n) is 12.0. The lowest BCUT2D eigenvalue weighted by molar-refractivity contribution is -0.158. The smallest absolute Gasteiger partial charge is 0.262 e. The van der Waals surface area contributed by atoms with Gasteiger partial charge < -0.3 is 0 Å². The number of fused-ring (bicyclic) bond motifs is 3. The van der Waals surface area contributed by atoms with Gasteiger partial charge in [-0.2, -0.15) is 0 Å². The first kappa shape index (κ1) is 13.2. The van der Waals surface area contributed by atoms with Crippen molar-refractivity contribution in [3.8, 4) is 0 Å². The maximum atomic E-state index is 12.7. The molecule has 1 aromatic rings. The van der Waals surface area contributed by atoms with E-state index in [0.717, 1.165) is 16.9 Å². The minimum atomic E-state index is -1.18. The second-order valence-electron chi connectivity index (χ2n) is 6.13. The first-order valence-electron chi connectivity index (χ1n) is 7.35. The number of hydrogen-bond acceptors (Lipinski definition) is 4. The number of hydrogen-bond donors (Lipinski definition) is 1. The van der Waals surface area contributed by atoms with E-state index >= 15 is 0 Å². The zero-order chi connectivity index (χ0) is 15.6. The molecule has 3 fully saturated rings. The van der Waals surface area contributed by atoms with E-state index in [9.17, 15) is 19.2 Å². The average molecular weight is 298 g/mol. The van der Waals surface area contributed by atoms with Gasteiger partial charge in [0.2, 0.25) is 5.91 Å². The molecule has 5 rings (SSSR count). The van der Waals surface area contributed by atoms with E-state index in [1.54, 1.807) is 12.1 Å². The third-order valence-electron chi connectivity index (χ3n) is 4.99. The Hall–Kier alpha value is -2.50. The number of nitrogens with one attached hydrogen (secondary N) is 1. The van der Waals surface area contributed by atoms with Crippen molar-refractivity contribution in [2.45, 2.75) is 31.7 Å². The Kier molecular flexibility index (Phi) is 2.41. The third kappa shape index (κ3) is 1.39. The molecule has 1 aromatic carbocycles. The van der Waals surface area contributed by atoms with Gasteiger partial charge in [0.1, 0.15) is 5.54 Å². The number of amides is 4. The highest BCUT2D eigenvalue weighted by Crippen LogP contribution is 2.48. The van der Waals surface area contributed by atoms with Crippen LogP contribution in [0.5, 0.6) is 0 Å². The summed E-state index contributed by atoms with van der Waals surface area (Å²) in [5.41, 5.74) is 0.476. The summed E-state index contributed by atoms with van der Waals surface area (Å²) in [5.74, 6) is -2.00. The van der Waals surface area contributed by atoms with Gasteiger partial charge >= 0.3 is 0 Å². The molecule has 4 amide bonds. The largest absolute Gasteiger partial charge is 0.294 e. The average Bonchev–Trinajstić information content (AvgIpc) is 2.70. The molecule has 0 spiro atoms. The van der Waals surface area contributed by atoms with Crippen LogP contribution in [-0.4, -0.2) is 34.1 Å². The molecule has 3 heterocycles. The van der Waals surface area contributed by atoms with Crippen LogP contribution in [0.3, 0.4) is 0 Å². The molecule has 6 nitrogen and oxygen atoms in total. The topological polar surface area (TPSA) is 83.6 Å². The molecule has 2 bridgehead atoms. The van der Waals surface area contributed by atoms with Crippen LogP contribution in [0.15, 0.2) is 18.2 Å². The summed E-state index contributed by atoms with van der Waals surface area (Å²) < 4.78 is 0. The lowest BCUT2D eigenvalue weighted by atomic mass is 9.63. The predicted molar refractivity (Wildman–Crippen MR) is 74.9 cm³/mol. The molecule has 22 heavy (non-hydrogen) atoms. The summed E-state index contributed by atoms with van der Waals surface area (Å²) in [6, 6.07) is 5.18. The Balaban J connectivity index is 1.77. The molecule has 0 radical (unpaired) electrons. The van der Waals surface area contributed by atoms with Gasteiger partial charge in [0.25, 0.3) is 17.7 Å². The van der Waals surface area contributed by atoms with E-state index in [-0.39, 0.29) is 24.7 Å². The Labute approximate surface area is 126 Å². The van der Waals surface area contributed by atoms with Crippen molar-refractivity contribution < 1.29 is 19.2 Å². The van der Waals surface area contributed by atoms with Crippen LogP contribution >= 0.6 is 0 Å². The molecular formula is C16H14N2O4. The highest BCUT2D eigenvalue weighted by molar-refractivity contribution is 6.25. The van der Waals surface area contributed by atoms with Gasteiger partial charge in [-0.1, -0.05) is 13.0 Å². The molecule has 3 aliphatic heterocycles. The molecule has 1 N–H and O–H groups in total. The summed E-state index contributed by atoms with van der Waals surface area (Å²) in [4.78, 5) is 50.1. The predicted octanol–water partition coefficient (Wildman–Crippen LogP) is 0.650. The normalized spacial score (nSPS) is 29.3. The van der Waals surface area contributed by atoms with Crippen LogP contribution in [0, 0.1) is 5.92 Å². The highest BCUT2D eigenvalue weighted by Gasteiger charge is 2.65. The van der Waals surface area contributed by atoms with E-state index in [1.165, 1.54) is 0 Å². The summed E-state index contributed by atoms with van der Waals surface area (Å²) in [6.07, 6.45) is 1.24. The Morgan fingerprint density at radius 1 is 1.14 bits per heavy atom. The van der Waals surface area contributed by atoms with Crippen LogP contribution in [0.4, 0.5) is 0 Å². The quantitative estimate of drug-likeness (QED) is 0.813. The number of piperidine rings is 2. The van der Waals surface area contributed by atoms with Crippen LogP contribution in [0.1, 0.15) is 46.0 Å². The highest BCUT2D eigenvalue weighted by atomic mass is 16.2. The maximum Gasteiger partial charge on any atom is 0.262 e. The van der Waals surface area contributed by atoms with E-state index in [0.29, 0.717) is 11.1 Å². The van der Waals surface area contributed by atoms with Gasteiger partial charge in [-0.25, -0.2) is 0 Å². The third-order valence-corrected chi connectivity index (χ3v) is 4.99. The van der Waals surface area contributed by atoms with E-state index in [1.807, 2.05) is 13.0 Å². The minimum Gasteiger partial charge on any atom is -0.294 e. The Morgan fingerprint density at radius 3 is 2.45 bits per heavy atom. The van der Waals surface area contributed by atoms with Crippen molar-refractivity contribution in [2.75, 3.05) is 0 Å². The van der Waals surface area contributed by atoms with Crippen LogP contribution in [-0.2, 0) is 16.0 Å².